The second-order valence-electron chi connectivity index (χ2n) is 6.61. The van der Waals surface area contributed by atoms with Gasteiger partial charge in [0.2, 0.25) is 17.6 Å². The van der Waals surface area contributed by atoms with Crippen LogP contribution < -0.4 is 10.6 Å². The Morgan fingerprint density at radius 3 is 2.81 bits per heavy atom. The van der Waals surface area contributed by atoms with Gasteiger partial charge in [0, 0.05) is 29.5 Å². The number of carbonyl (C=O) groups is 2. The van der Waals surface area contributed by atoms with Crippen LogP contribution in [0.15, 0.2) is 56.3 Å². The molecule has 0 aliphatic carbocycles. The standard InChI is InChI=1S/C21H17FN4O4S/c1-12-15(6-8-29-12)21(28)24-17-10-14(2-3-16(17)22)23-18(27)4-5-19-25-20(26-30-19)13-7-9-31-11-13/h2-3,6-11H,4-5H2,1H3,(H,23,27)(H,24,28). The number of furan rings is 1. The van der Waals surface area contributed by atoms with E-state index in [1.54, 1.807) is 6.92 Å². The average Bonchev–Trinajstić information content (AvgIpc) is 3.50. The second kappa shape index (κ2) is 8.92. The van der Waals surface area contributed by atoms with Gasteiger partial charge < -0.3 is 19.6 Å². The van der Waals surface area contributed by atoms with Gasteiger partial charge in [0.25, 0.3) is 5.91 Å². The Morgan fingerprint density at radius 1 is 1.19 bits per heavy atom. The topological polar surface area (TPSA) is 110 Å². The van der Waals surface area contributed by atoms with Crippen molar-refractivity contribution in [1.82, 2.24) is 10.1 Å². The van der Waals surface area contributed by atoms with E-state index in [0.29, 0.717) is 28.7 Å². The number of nitrogens with zero attached hydrogens (tertiary/aromatic N) is 2. The zero-order valence-electron chi connectivity index (χ0n) is 16.3. The molecule has 4 rings (SSSR count). The lowest BCUT2D eigenvalue weighted by Crippen LogP contribution is -2.15. The van der Waals surface area contributed by atoms with Crippen molar-refractivity contribution in [1.29, 1.82) is 0 Å². The van der Waals surface area contributed by atoms with Gasteiger partial charge in [-0.25, -0.2) is 4.39 Å². The number of hydrogen-bond acceptors (Lipinski definition) is 7. The molecule has 8 nitrogen and oxygen atoms in total. The number of benzene rings is 1. The van der Waals surface area contributed by atoms with Gasteiger partial charge in [-0.15, -0.1) is 0 Å². The molecular formula is C21H17FN4O4S. The molecule has 31 heavy (non-hydrogen) atoms. The lowest BCUT2D eigenvalue weighted by atomic mass is 10.2. The summed E-state index contributed by atoms with van der Waals surface area (Å²) in [5, 5.41) is 12.9. The molecule has 0 unspecified atom stereocenters. The Labute approximate surface area is 180 Å². The number of carbonyl (C=O) groups excluding carboxylic acids is 2. The van der Waals surface area contributed by atoms with Gasteiger partial charge in [-0.3, -0.25) is 9.59 Å². The Balaban J connectivity index is 1.35. The predicted molar refractivity (Wildman–Crippen MR) is 112 cm³/mol. The molecule has 0 saturated heterocycles. The molecule has 0 radical (unpaired) electrons. The van der Waals surface area contributed by atoms with E-state index in [1.165, 1.54) is 41.9 Å². The van der Waals surface area contributed by atoms with E-state index in [2.05, 4.69) is 20.8 Å². The molecule has 3 heterocycles. The van der Waals surface area contributed by atoms with Crippen LogP contribution in [0.1, 0.15) is 28.4 Å². The minimum absolute atomic E-state index is 0.0549. The largest absolute Gasteiger partial charge is 0.469 e. The third kappa shape index (κ3) is 4.86. The van der Waals surface area contributed by atoms with Gasteiger partial charge in [-0.1, -0.05) is 5.16 Å². The SMILES string of the molecule is Cc1occc1C(=O)Nc1cc(NC(=O)CCc2nc(-c3ccsc3)no2)ccc1F. The summed E-state index contributed by atoms with van der Waals surface area (Å²) in [5.41, 5.74) is 1.45. The first-order valence-corrected chi connectivity index (χ1v) is 10.2. The fourth-order valence-corrected chi connectivity index (χ4v) is 3.45. The third-order valence-corrected chi connectivity index (χ3v) is 5.10. The van der Waals surface area contributed by atoms with Crippen molar-refractivity contribution in [3.05, 3.63) is 70.4 Å². The Bertz CT molecular complexity index is 1220. The molecule has 1 aromatic carbocycles. The summed E-state index contributed by atoms with van der Waals surface area (Å²) in [5.74, 6) is -0.205. The van der Waals surface area contributed by atoms with E-state index < -0.39 is 11.7 Å². The number of rotatable bonds is 7. The molecule has 0 fully saturated rings. The Kier molecular flexibility index (Phi) is 5.89. The highest BCUT2D eigenvalue weighted by atomic mass is 32.1. The summed E-state index contributed by atoms with van der Waals surface area (Å²) in [7, 11) is 0. The molecule has 3 aromatic heterocycles. The van der Waals surface area contributed by atoms with Crippen molar-refractivity contribution in [2.24, 2.45) is 0 Å². The summed E-state index contributed by atoms with van der Waals surface area (Å²) in [6, 6.07) is 7.30. The molecule has 0 spiro atoms. The van der Waals surface area contributed by atoms with Crippen LogP contribution in [0, 0.1) is 12.7 Å². The first kappa shape index (κ1) is 20.5. The zero-order valence-corrected chi connectivity index (χ0v) is 17.2. The number of hydrogen-bond donors (Lipinski definition) is 2. The maximum absolute atomic E-state index is 14.1. The summed E-state index contributed by atoms with van der Waals surface area (Å²) >= 11 is 1.53. The lowest BCUT2D eigenvalue weighted by molar-refractivity contribution is -0.116. The number of aromatic nitrogens is 2. The molecule has 0 aliphatic heterocycles. The monoisotopic (exact) mass is 440 g/mol. The van der Waals surface area contributed by atoms with E-state index in [0.717, 1.165) is 5.56 Å². The van der Waals surface area contributed by atoms with E-state index in [9.17, 15) is 14.0 Å². The van der Waals surface area contributed by atoms with Crippen molar-refractivity contribution in [2.75, 3.05) is 10.6 Å². The molecule has 10 heteroatoms. The Morgan fingerprint density at radius 2 is 2.06 bits per heavy atom. The van der Waals surface area contributed by atoms with Gasteiger partial charge in [0.1, 0.15) is 11.6 Å². The number of nitrogens with one attached hydrogen (secondary N) is 2. The molecule has 0 aliphatic rings. The van der Waals surface area contributed by atoms with E-state index in [4.69, 9.17) is 8.94 Å². The fraction of sp³-hybridized carbons (Fsp3) is 0.143. The maximum atomic E-state index is 14.1. The quantitative estimate of drug-likeness (QED) is 0.432. The normalized spacial score (nSPS) is 10.8. The molecule has 0 atom stereocenters. The van der Waals surface area contributed by atoms with Gasteiger partial charge in [-0.05, 0) is 42.6 Å². The molecule has 4 aromatic rings. The maximum Gasteiger partial charge on any atom is 0.259 e. The number of amides is 2. The van der Waals surface area contributed by atoms with Crippen LogP contribution in [0.3, 0.4) is 0 Å². The predicted octanol–water partition coefficient (Wildman–Crippen LogP) is 4.66. The van der Waals surface area contributed by atoms with Crippen LogP contribution in [0.2, 0.25) is 0 Å². The molecular weight excluding hydrogens is 423 g/mol. The van der Waals surface area contributed by atoms with Crippen LogP contribution >= 0.6 is 11.3 Å². The first-order chi connectivity index (χ1) is 15.0. The van der Waals surface area contributed by atoms with Crippen molar-refractivity contribution < 1.29 is 22.9 Å². The minimum atomic E-state index is -0.626. The van der Waals surface area contributed by atoms with E-state index >= 15 is 0 Å². The van der Waals surface area contributed by atoms with Crippen molar-refractivity contribution in [2.45, 2.75) is 19.8 Å². The summed E-state index contributed by atoms with van der Waals surface area (Å²) in [6.45, 7) is 1.63. The number of thiophene rings is 1. The summed E-state index contributed by atoms with van der Waals surface area (Å²) in [6.07, 6.45) is 1.73. The van der Waals surface area contributed by atoms with Crippen LogP contribution in [-0.4, -0.2) is 22.0 Å². The Hall–Kier alpha value is -3.79. The van der Waals surface area contributed by atoms with Gasteiger partial charge >= 0.3 is 0 Å². The van der Waals surface area contributed by atoms with Crippen molar-refractivity contribution in [3.8, 4) is 11.4 Å². The second-order valence-corrected chi connectivity index (χ2v) is 7.39. The van der Waals surface area contributed by atoms with Crippen LogP contribution in [0.25, 0.3) is 11.4 Å². The highest BCUT2D eigenvalue weighted by Crippen LogP contribution is 2.22. The summed E-state index contributed by atoms with van der Waals surface area (Å²) < 4.78 is 24.4. The first-order valence-electron chi connectivity index (χ1n) is 9.29. The van der Waals surface area contributed by atoms with Crippen molar-refractivity contribution in [3.63, 3.8) is 0 Å². The summed E-state index contributed by atoms with van der Waals surface area (Å²) in [4.78, 5) is 28.8. The highest BCUT2D eigenvalue weighted by Gasteiger charge is 2.15. The number of halogens is 1. The molecule has 2 amide bonds. The van der Waals surface area contributed by atoms with Crippen molar-refractivity contribution >= 4 is 34.5 Å². The van der Waals surface area contributed by atoms with Gasteiger partial charge in [0.15, 0.2) is 0 Å². The molecule has 2 N–H and O–H groups in total. The van der Waals surface area contributed by atoms with Gasteiger partial charge in [-0.2, -0.15) is 16.3 Å². The fourth-order valence-electron chi connectivity index (χ4n) is 2.82. The third-order valence-electron chi connectivity index (χ3n) is 4.42. The average molecular weight is 440 g/mol. The van der Waals surface area contributed by atoms with E-state index in [1.807, 2.05) is 16.8 Å². The zero-order chi connectivity index (χ0) is 21.8. The molecule has 158 valence electrons. The molecule has 0 saturated carbocycles. The van der Waals surface area contributed by atoms with Crippen LogP contribution in [0.5, 0.6) is 0 Å². The molecule has 0 bridgehead atoms. The smallest absolute Gasteiger partial charge is 0.259 e. The lowest BCUT2D eigenvalue weighted by Gasteiger charge is -2.09. The highest BCUT2D eigenvalue weighted by molar-refractivity contribution is 7.08. The van der Waals surface area contributed by atoms with Crippen LogP contribution in [-0.2, 0) is 11.2 Å². The minimum Gasteiger partial charge on any atom is -0.469 e. The number of anilines is 2. The van der Waals surface area contributed by atoms with E-state index in [-0.39, 0.29) is 24.4 Å². The van der Waals surface area contributed by atoms with Crippen LogP contribution in [0.4, 0.5) is 15.8 Å². The number of aryl methyl sites for hydroxylation is 2. The van der Waals surface area contributed by atoms with Gasteiger partial charge in [0.05, 0.1) is 17.5 Å².